The number of aromatic nitrogens is 5. The van der Waals surface area contributed by atoms with Crippen LogP contribution in [0.3, 0.4) is 0 Å². The number of thioether (sulfide) groups is 1. The number of ether oxygens (including phenoxy) is 1. The molecule has 0 unspecified atom stereocenters. The molecule has 1 aromatic carbocycles. The van der Waals surface area contributed by atoms with Gasteiger partial charge < -0.3 is 13.7 Å². The lowest BCUT2D eigenvalue weighted by Crippen LogP contribution is -1.85. The Labute approximate surface area is 152 Å². The third-order valence-corrected chi connectivity index (χ3v) is 4.27. The van der Waals surface area contributed by atoms with Gasteiger partial charge in [-0.2, -0.15) is 4.98 Å². The Morgan fingerprint density at radius 3 is 2.58 bits per heavy atom. The third-order valence-electron chi connectivity index (χ3n) is 3.47. The topological polar surface area (TPSA) is 100.0 Å². The SMILES string of the molecule is COc1ccc(-c2noc(CSc3nnc(-c4ccncc4)o3)n2)cc1. The van der Waals surface area contributed by atoms with Gasteiger partial charge >= 0.3 is 0 Å². The van der Waals surface area contributed by atoms with Crippen LogP contribution in [0.4, 0.5) is 0 Å². The van der Waals surface area contributed by atoms with Gasteiger partial charge in [-0.15, -0.1) is 10.2 Å². The fourth-order valence-electron chi connectivity index (χ4n) is 2.17. The molecule has 130 valence electrons. The van der Waals surface area contributed by atoms with Crippen LogP contribution in [0.25, 0.3) is 22.8 Å². The summed E-state index contributed by atoms with van der Waals surface area (Å²) < 4.78 is 16.0. The fraction of sp³-hybridized carbons (Fsp3) is 0.118. The minimum absolute atomic E-state index is 0.431. The highest BCUT2D eigenvalue weighted by Gasteiger charge is 2.13. The van der Waals surface area contributed by atoms with Gasteiger partial charge in [0.15, 0.2) is 0 Å². The summed E-state index contributed by atoms with van der Waals surface area (Å²) in [6.45, 7) is 0. The zero-order valence-electron chi connectivity index (χ0n) is 13.7. The van der Waals surface area contributed by atoms with Crippen LogP contribution in [0.5, 0.6) is 5.75 Å². The van der Waals surface area contributed by atoms with E-state index < -0.39 is 0 Å². The zero-order valence-corrected chi connectivity index (χ0v) is 14.5. The first-order chi connectivity index (χ1) is 12.8. The van der Waals surface area contributed by atoms with Crippen molar-refractivity contribution in [3.05, 3.63) is 54.7 Å². The Morgan fingerprint density at radius 1 is 1.00 bits per heavy atom. The fourth-order valence-corrected chi connectivity index (χ4v) is 2.77. The van der Waals surface area contributed by atoms with Gasteiger partial charge in [0.25, 0.3) is 5.22 Å². The first-order valence-corrected chi connectivity index (χ1v) is 8.64. The van der Waals surface area contributed by atoms with Crippen LogP contribution in [0, 0.1) is 0 Å². The summed E-state index contributed by atoms with van der Waals surface area (Å²) >= 11 is 1.33. The molecular weight excluding hydrogens is 354 g/mol. The summed E-state index contributed by atoms with van der Waals surface area (Å²) in [5.41, 5.74) is 1.67. The molecule has 9 heteroatoms. The van der Waals surface area contributed by atoms with E-state index in [0.29, 0.717) is 28.6 Å². The van der Waals surface area contributed by atoms with Crippen molar-refractivity contribution in [3.63, 3.8) is 0 Å². The molecule has 0 amide bonds. The number of hydrogen-bond donors (Lipinski definition) is 0. The molecular formula is C17H13N5O3S. The van der Waals surface area contributed by atoms with Gasteiger partial charge in [0.2, 0.25) is 17.6 Å². The second-order valence-electron chi connectivity index (χ2n) is 5.14. The van der Waals surface area contributed by atoms with E-state index in [0.717, 1.165) is 16.9 Å². The minimum Gasteiger partial charge on any atom is -0.497 e. The Kier molecular flexibility index (Phi) is 4.61. The summed E-state index contributed by atoms with van der Waals surface area (Å²) in [6.07, 6.45) is 3.34. The maximum absolute atomic E-state index is 5.62. The van der Waals surface area contributed by atoms with E-state index in [9.17, 15) is 0 Å². The Morgan fingerprint density at radius 2 is 1.81 bits per heavy atom. The standard InChI is InChI=1S/C17H13N5O3S/c1-23-13-4-2-11(3-5-13)15-19-14(25-22-15)10-26-17-21-20-16(24-17)12-6-8-18-9-7-12/h2-9H,10H2,1H3. The summed E-state index contributed by atoms with van der Waals surface area (Å²) in [4.78, 5) is 8.34. The monoisotopic (exact) mass is 367 g/mol. The first-order valence-electron chi connectivity index (χ1n) is 7.65. The van der Waals surface area contributed by atoms with E-state index in [2.05, 4.69) is 25.3 Å². The normalized spacial score (nSPS) is 10.8. The molecule has 0 saturated heterocycles. The predicted molar refractivity (Wildman–Crippen MR) is 93.4 cm³/mol. The first kappa shape index (κ1) is 16.3. The summed E-state index contributed by atoms with van der Waals surface area (Å²) in [6, 6.07) is 11.1. The van der Waals surface area contributed by atoms with Crippen molar-refractivity contribution in [2.75, 3.05) is 7.11 Å². The molecule has 0 fully saturated rings. The van der Waals surface area contributed by atoms with Crippen molar-refractivity contribution in [1.82, 2.24) is 25.3 Å². The molecule has 0 bridgehead atoms. The molecule has 0 aliphatic rings. The zero-order chi connectivity index (χ0) is 17.8. The lowest BCUT2D eigenvalue weighted by molar-refractivity contribution is 0.390. The van der Waals surface area contributed by atoms with E-state index >= 15 is 0 Å². The van der Waals surface area contributed by atoms with Crippen LogP contribution in [-0.2, 0) is 5.75 Å². The van der Waals surface area contributed by atoms with Gasteiger partial charge in [-0.05, 0) is 36.4 Å². The van der Waals surface area contributed by atoms with E-state index in [1.54, 1.807) is 31.6 Å². The second kappa shape index (κ2) is 7.36. The molecule has 0 radical (unpaired) electrons. The van der Waals surface area contributed by atoms with Crippen LogP contribution in [0.1, 0.15) is 5.89 Å². The van der Waals surface area contributed by atoms with Crippen LogP contribution in [0.15, 0.2) is 63.0 Å². The second-order valence-corrected chi connectivity index (χ2v) is 6.06. The molecule has 0 aliphatic heterocycles. The van der Waals surface area contributed by atoms with Crippen molar-refractivity contribution < 1.29 is 13.7 Å². The molecule has 4 rings (SSSR count). The van der Waals surface area contributed by atoms with Crippen LogP contribution < -0.4 is 4.74 Å². The van der Waals surface area contributed by atoms with E-state index in [1.165, 1.54) is 11.8 Å². The Hall–Kier alpha value is -3.20. The van der Waals surface area contributed by atoms with Crippen LogP contribution in [-0.4, -0.2) is 32.4 Å². The van der Waals surface area contributed by atoms with Gasteiger partial charge in [0.1, 0.15) is 5.75 Å². The average molecular weight is 367 g/mol. The number of benzene rings is 1. The number of rotatable bonds is 6. The molecule has 0 spiro atoms. The molecule has 0 atom stereocenters. The van der Waals surface area contributed by atoms with Gasteiger partial charge in [-0.25, -0.2) is 0 Å². The maximum Gasteiger partial charge on any atom is 0.277 e. The van der Waals surface area contributed by atoms with E-state index in [1.807, 2.05) is 24.3 Å². The quantitative estimate of drug-likeness (QED) is 0.474. The van der Waals surface area contributed by atoms with Gasteiger partial charge in [0.05, 0.1) is 12.9 Å². The average Bonchev–Trinajstić information content (AvgIpc) is 3.37. The number of pyridine rings is 1. The van der Waals surface area contributed by atoms with Crippen molar-refractivity contribution in [2.24, 2.45) is 0 Å². The number of methoxy groups -OCH3 is 1. The molecule has 0 saturated carbocycles. The summed E-state index contributed by atoms with van der Waals surface area (Å²) in [5.74, 6) is 2.64. The molecule has 0 aliphatic carbocycles. The van der Waals surface area contributed by atoms with Crippen LogP contribution in [0.2, 0.25) is 0 Å². The summed E-state index contributed by atoms with van der Waals surface area (Å²) in [7, 11) is 1.62. The van der Waals surface area contributed by atoms with Crippen molar-refractivity contribution in [3.8, 4) is 28.6 Å². The highest BCUT2D eigenvalue weighted by Crippen LogP contribution is 2.26. The van der Waals surface area contributed by atoms with Crippen LogP contribution >= 0.6 is 11.8 Å². The Balaban J connectivity index is 1.41. The minimum atomic E-state index is 0.431. The molecule has 8 nitrogen and oxygen atoms in total. The Bertz CT molecular complexity index is 985. The highest BCUT2D eigenvalue weighted by molar-refractivity contribution is 7.98. The number of hydrogen-bond acceptors (Lipinski definition) is 9. The van der Waals surface area contributed by atoms with E-state index in [4.69, 9.17) is 13.7 Å². The van der Waals surface area contributed by atoms with Gasteiger partial charge in [-0.1, -0.05) is 16.9 Å². The predicted octanol–water partition coefficient (Wildman–Crippen LogP) is 3.48. The smallest absolute Gasteiger partial charge is 0.277 e. The molecule has 3 heterocycles. The van der Waals surface area contributed by atoms with E-state index in [-0.39, 0.29) is 0 Å². The lowest BCUT2D eigenvalue weighted by Gasteiger charge is -1.98. The summed E-state index contributed by atoms with van der Waals surface area (Å²) in [5, 5.41) is 12.5. The number of nitrogens with zero attached hydrogens (tertiary/aromatic N) is 5. The largest absolute Gasteiger partial charge is 0.497 e. The maximum atomic E-state index is 5.62. The van der Waals surface area contributed by atoms with Gasteiger partial charge in [0, 0.05) is 23.5 Å². The van der Waals surface area contributed by atoms with Crippen molar-refractivity contribution >= 4 is 11.8 Å². The molecule has 3 aromatic heterocycles. The third kappa shape index (κ3) is 3.57. The molecule has 0 N–H and O–H groups in total. The lowest BCUT2D eigenvalue weighted by atomic mass is 10.2. The van der Waals surface area contributed by atoms with Crippen molar-refractivity contribution in [2.45, 2.75) is 11.0 Å². The van der Waals surface area contributed by atoms with Gasteiger partial charge in [-0.3, -0.25) is 4.98 Å². The molecule has 4 aromatic rings. The molecule has 26 heavy (non-hydrogen) atoms. The van der Waals surface area contributed by atoms with Crippen molar-refractivity contribution in [1.29, 1.82) is 0 Å². The highest BCUT2D eigenvalue weighted by atomic mass is 32.2.